The van der Waals surface area contributed by atoms with Crippen LogP contribution >= 0.6 is 0 Å². The van der Waals surface area contributed by atoms with Gasteiger partial charge in [-0.25, -0.2) is 9.97 Å². The molecule has 0 aliphatic carbocycles. The maximum absolute atomic E-state index is 12.1. The third kappa shape index (κ3) is 5.66. The van der Waals surface area contributed by atoms with Gasteiger partial charge in [0.1, 0.15) is 6.33 Å². The Kier molecular flexibility index (Phi) is 7.14. The fourth-order valence-corrected chi connectivity index (χ4v) is 4.63. The van der Waals surface area contributed by atoms with E-state index in [0.29, 0.717) is 30.3 Å². The highest BCUT2D eigenvalue weighted by Crippen LogP contribution is 2.35. The van der Waals surface area contributed by atoms with E-state index in [1.807, 2.05) is 53.4 Å². The van der Waals surface area contributed by atoms with Gasteiger partial charge < -0.3 is 19.7 Å². The van der Waals surface area contributed by atoms with E-state index in [9.17, 15) is 10.1 Å². The van der Waals surface area contributed by atoms with Crippen LogP contribution in [-0.2, 0) is 6.54 Å². The van der Waals surface area contributed by atoms with Crippen molar-refractivity contribution in [2.75, 3.05) is 43.2 Å². The number of nitrogens with zero attached hydrogens (tertiary/aromatic N) is 7. The van der Waals surface area contributed by atoms with Crippen molar-refractivity contribution in [2.45, 2.75) is 6.54 Å². The van der Waals surface area contributed by atoms with Gasteiger partial charge in [0.2, 0.25) is 18.4 Å². The molecule has 0 radical (unpaired) electrons. The van der Waals surface area contributed by atoms with Gasteiger partial charge in [0.15, 0.2) is 11.5 Å². The molecule has 0 saturated carbocycles. The maximum Gasteiger partial charge on any atom is 0.353 e. The molecule has 1 fully saturated rings. The van der Waals surface area contributed by atoms with Crippen molar-refractivity contribution in [3.05, 3.63) is 94.8 Å². The van der Waals surface area contributed by atoms with Crippen LogP contribution < -0.4 is 19.7 Å². The molecule has 0 bridgehead atoms. The summed E-state index contributed by atoms with van der Waals surface area (Å²) >= 11 is 0. The number of hydrogen-bond acceptors (Lipinski definition) is 11. The highest BCUT2D eigenvalue weighted by molar-refractivity contribution is 5.74. The van der Waals surface area contributed by atoms with Gasteiger partial charge in [-0.05, 0) is 54.1 Å². The van der Waals surface area contributed by atoms with Crippen molar-refractivity contribution in [1.29, 1.82) is 0 Å². The number of benzene rings is 3. The Morgan fingerprint density at radius 3 is 2.35 bits per heavy atom. The second-order valence-electron chi connectivity index (χ2n) is 9.31. The van der Waals surface area contributed by atoms with Crippen LogP contribution in [0.15, 0.2) is 89.4 Å². The van der Waals surface area contributed by atoms with Gasteiger partial charge in [0, 0.05) is 38.4 Å². The standard InChI is InChI=1S/C28H26N8O4/c37-36(38)26-27(31-21-7-9-23(10-8-21)33-32-22-4-2-1-3-5-22)29-18-30-28(26)35-14-12-34(13-15-35)17-20-6-11-24-25(16-20)40-19-39-24/h1-11,16,18H,12-15,17,19H2,(H,29,30,31). The van der Waals surface area contributed by atoms with Gasteiger partial charge in [0.05, 0.1) is 16.3 Å². The van der Waals surface area contributed by atoms with Crippen LogP contribution in [0.2, 0.25) is 0 Å². The van der Waals surface area contributed by atoms with Gasteiger partial charge in [-0.15, -0.1) is 0 Å². The van der Waals surface area contributed by atoms with Crippen LogP contribution in [0.5, 0.6) is 11.5 Å². The van der Waals surface area contributed by atoms with E-state index >= 15 is 0 Å². The minimum absolute atomic E-state index is 0.136. The molecule has 0 atom stereocenters. The van der Waals surface area contributed by atoms with E-state index in [2.05, 4.69) is 30.4 Å². The van der Waals surface area contributed by atoms with Gasteiger partial charge >= 0.3 is 5.69 Å². The number of hydrogen-bond donors (Lipinski definition) is 1. The zero-order chi connectivity index (χ0) is 27.3. The van der Waals surface area contributed by atoms with Crippen LogP contribution in [0.1, 0.15) is 5.56 Å². The first-order valence-electron chi connectivity index (χ1n) is 12.8. The average Bonchev–Trinajstić information content (AvgIpc) is 3.46. The largest absolute Gasteiger partial charge is 0.454 e. The molecule has 3 heterocycles. The van der Waals surface area contributed by atoms with Crippen LogP contribution in [0.25, 0.3) is 0 Å². The molecule has 40 heavy (non-hydrogen) atoms. The van der Waals surface area contributed by atoms with Gasteiger partial charge in [0.25, 0.3) is 0 Å². The average molecular weight is 539 g/mol. The first kappa shape index (κ1) is 25.2. The van der Waals surface area contributed by atoms with E-state index < -0.39 is 4.92 Å². The van der Waals surface area contributed by atoms with Crippen molar-refractivity contribution in [3.8, 4) is 11.5 Å². The number of nitrogens with one attached hydrogen (secondary N) is 1. The zero-order valence-electron chi connectivity index (χ0n) is 21.5. The topological polar surface area (TPSA) is 131 Å². The lowest BCUT2D eigenvalue weighted by Gasteiger charge is -2.35. The summed E-state index contributed by atoms with van der Waals surface area (Å²) in [6.07, 6.45) is 1.35. The summed E-state index contributed by atoms with van der Waals surface area (Å²) in [4.78, 5) is 24.4. The molecule has 6 rings (SSSR count). The fourth-order valence-electron chi connectivity index (χ4n) is 4.63. The van der Waals surface area contributed by atoms with Crippen molar-refractivity contribution in [2.24, 2.45) is 10.2 Å². The zero-order valence-corrected chi connectivity index (χ0v) is 21.5. The maximum atomic E-state index is 12.1. The van der Waals surface area contributed by atoms with Crippen molar-refractivity contribution >= 4 is 34.4 Å². The molecule has 12 heteroatoms. The normalized spacial score (nSPS) is 14.9. The molecule has 1 aromatic heterocycles. The second-order valence-corrected chi connectivity index (χ2v) is 9.31. The van der Waals surface area contributed by atoms with Gasteiger partial charge in [-0.2, -0.15) is 10.2 Å². The molecule has 2 aliphatic heterocycles. The predicted molar refractivity (Wildman–Crippen MR) is 149 cm³/mol. The van der Waals surface area contributed by atoms with Gasteiger partial charge in [-0.3, -0.25) is 15.0 Å². The van der Waals surface area contributed by atoms with E-state index in [1.54, 1.807) is 24.3 Å². The number of piperazine rings is 1. The second kappa shape index (κ2) is 11.3. The van der Waals surface area contributed by atoms with Crippen LogP contribution in [-0.4, -0.2) is 52.8 Å². The van der Waals surface area contributed by atoms with E-state index in [0.717, 1.165) is 42.4 Å². The molecule has 0 amide bonds. The molecule has 202 valence electrons. The minimum atomic E-state index is -0.431. The summed E-state index contributed by atoms with van der Waals surface area (Å²) in [5.74, 6) is 1.97. The Labute approximate surface area is 230 Å². The number of azo groups is 1. The molecule has 0 spiro atoms. The summed E-state index contributed by atoms with van der Waals surface area (Å²) in [5.41, 5.74) is 3.03. The first-order valence-corrected chi connectivity index (χ1v) is 12.8. The Hall–Kier alpha value is -5.10. The number of rotatable bonds is 8. The van der Waals surface area contributed by atoms with E-state index in [4.69, 9.17) is 9.47 Å². The number of aromatic nitrogens is 2. The molecule has 3 aromatic carbocycles. The lowest BCUT2D eigenvalue weighted by Crippen LogP contribution is -2.46. The van der Waals surface area contributed by atoms with Crippen molar-refractivity contribution in [1.82, 2.24) is 14.9 Å². The van der Waals surface area contributed by atoms with E-state index in [-0.39, 0.29) is 18.3 Å². The molecule has 0 unspecified atom stereocenters. The third-order valence-electron chi connectivity index (χ3n) is 6.67. The molecule has 1 saturated heterocycles. The van der Waals surface area contributed by atoms with Crippen LogP contribution in [0, 0.1) is 10.1 Å². The Bertz CT molecular complexity index is 1520. The molecule has 4 aromatic rings. The number of fused-ring (bicyclic) bond motifs is 1. The minimum Gasteiger partial charge on any atom is -0.454 e. The fraction of sp³-hybridized carbons (Fsp3) is 0.214. The lowest BCUT2D eigenvalue weighted by molar-refractivity contribution is -0.383. The Morgan fingerprint density at radius 2 is 1.60 bits per heavy atom. The highest BCUT2D eigenvalue weighted by atomic mass is 16.7. The monoisotopic (exact) mass is 538 g/mol. The van der Waals surface area contributed by atoms with Crippen LogP contribution in [0.3, 0.4) is 0 Å². The van der Waals surface area contributed by atoms with Crippen LogP contribution in [0.4, 0.5) is 34.4 Å². The Morgan fingerprint density at radius 1 is 0.875 bits per heavy atom. The molecular formula is C28H26N8O4. The Balaban J connectivity index is 1.12. The summed E-state index contributed by atoms with van der Waals surface area (Å²) in [7, 11) is 0. The van der Waals surface area contributed by atoms with Gasteiger partial charge in [-0.1, -0.05) is 24.3 Å². The summed E-state index contributed by atoms with van der Waals surface area (Å²) in [6, 6.07) is 22.5. The van der Waals surface area contributed by atoms with E-state index in [1.165, 1.54) is 6.33 Å². The summed E-state index contributed by atoms with van der Waals surface area (Å²) in [6.45, 7) is 3.67. The molecule has 1 N–H and O–H groups in total. The molecular weight excluding hydrogens is 512 g/mol. The lowest BCUT2D eigenvalue weighted by atomic mass is 10.1. The molecule has 2 aliphatic rings. The SMILES string of the molecule is O=[N+]([O-])c1c(Nc2ccc(N=Nc3ccccc3)cc2)ncnc1N1CCN(Cc2ccc3c(c2)OCO3)CC1. The summed E-state index contributed by atoms with van der Waals surface area (Å²) in [5, 5.41) is 23.7. The predicted octanol–water partition coefficient (Wildman–Crippen LogP) is 5.59. The third-order valence-corrected chi connectivity index (χ3v) is 6.67. The quantitative estimate of drug-likeness (QED) is 0.173. The first-order chi connectivity index (χ1) is 19.6. The number of anilines is 3. The summed E-state index contributed by atoms with van der Waals surface area (Å²) < 4.78 is 10.9. The van der Waals surface area contributed by atoms with Crippen molar-refractivity contribution in [3.63, 3.8) is 0 Å². The number of ether oxygens (including phenoxy) is 2. The molecule has 12 nitrogen and oxygen atoms in total. The van der Waals surface area contributed by atoms with Crippen molar-refractivity contribution < 1.29 is 14.4 Å². The smallest absolute Gasteiger partial charge is 0.353 e. The number of nitro groups is 1. The highest BCUT2D eigenvalue weighted by Gasteiger charge is 2.29.